The van der Waals surface area contributed by atoms with E-state index in [0.717, 1.165) is 30.1 Å². The average molecular weight is 261 g/mol. The largest absolute Gasteiger partial charge is 0.490 e. The molecule has 1 aliphatic rings. The van der Waals surface area contributed by atoms with Gasteiger partial charge in [-0.25, -0.2) is 0 Å². The van der Waals surface area contributed by atoms with E-state index in [-0.39, 0.29) is 0 Å². The highest BCUT2D eigenvalue weighted by atomic mass is 16.5. The van der Waals surface area contributed by atoms with Crippen molar-refractivity contribution in [2.45, 2.75) is 52.1 Å². The van der Waals surface area contributed by atoms with Crippen molar-refractivity contribution in [2.75, 3.05) is 0 Å². The van der Waals surface area contributed by atoms with Gasteiger partial charge in [-0.2, -0.15) is 0 Å². The Morgan fingerprint density at radius 2 is 1.84 bits per heavy atom. The molecule has 1 N–H and O–H groups in total. The van der Waals surface area contributed by atoms with Gasteiger partial charge in [0.05, 0.1) is 11.8 Å². The molecule has 1 aromatic carbocycles. The summed E-state index contributed by atoms with van der Waals surface area (Å²) < 4.78 is 6.01. The smallest absolute Gasteiger partial charge is 0.119 e. The van der Waals surface area contributed by atoms with Gasteiger partial charge in [0.1, 0.15) is 5.75 Å². The van der Waals surface area contributed by atoms with E-state index in [1.807, 2.05) is 24.3 Å². The zero-order valence-electron chi connectivity index (χ0n) is 11.8. The first-order valence-electron chi connectivity index (χ1n) is 7.18. The zero-order chi connectivity index (χ0) is 13.7. The van der Waals surface area contributed by atoms with E-state index in [1.54, 1.807) is 6.92 Å². The molecule has 2 rings (SSSR count). The summed E-state index contributed by atoms with van der Waals surface area (Å²) in [5.74, 6) is 1.81. The molecular formula is C16H23NO2. The van der Waals surface area contributed by atoms with Gasteiger partial charge in [0.25, 0.3) is 0 Å². The Labute approximate surface area is 115 Å². The fraction of sp³-hybridized carbons (Fsp3) is 0.562. The summed E-state index contributed by atoms with van der Waals surface area (Å²) in [6, 6.07) is 7.77. The lowest BCUT2D eigenvalue weighted by Crippen LogP contribution is -2.23. The average Bonchev–Trinajstić information content (AvgIpc) is 2.48. The van der Waals surface area contributed by atoms with E-state index in [9.17, 15) is 0 Å². The van der Waals surface area contributed by atoms with E-state index >= 15 is 0 Å². The minimum Gasteiger partial charge on any atom is -0.490 e. The number of nitrogens with zero attached hydrogens (tertiary/aromatic N) is 1. The third-order valence-corrected chi connectivity index (χ3v) is 4.10. The molecule has 0 atom stereocenters. The first-order valence-corrected chi connectivity index (χ1v) is 7.18. The summed E-state index contributed by atoms with van der Waals surface area (Å²) in [4.78, 5) is 0. The zero-order valence-corrected chi connectivity index (χ0v) is 11.8. The Hall–Kier alpha value is -1.51. The Bertz CT molecular complexity index is 417. The number of ether oxygens (including phenoxy) is 1. The minimum absolute atomic E-state index is 0.362. The van der Waals surface area contributed by atoms with Crippen molar-refractivity contribution in [3.63, 3.8) is 0 Å². The molecule has 3 heteroatoms. The predicted molar refractivity (Wildman–Crippen MR) is 77.1 cm³/mol. The molecule has 1 aromatic rings. The molecule has 0 amide bonds. The molecule has 1 fully saturated rings. The lowest BCUT2D eigenvalue weighted by atomic mass is 9.86. The second kappa shape index (κ2) is 6.60. The fourth-order valence-electron chi connectivity index (χ4n) is 2.68. The lowest BCUT2D eigenvalue weighted by molar-refractivity contribution is 0.130. The molecular weight excluding hydrogens is 238 g/mol. The van der Waals surface area contributed by atoms with Crippen LogP contribution in [-0.2, 0) is 0 Å². The van der Waals surface area contributed by atoms with E-state index in [1.165, 1.54) is 19.3 Å². The van der Waals surface area contributed by atoms with Crippen molar-refractivity contribution in [3.8, 4) is 5.75 Å². The van der Waals surface area contributed by atoms with Gasteiger partial charge in [-0.15, -0.1) is 0 Å². The van der Waals surface area contributed by atoms with Crippen molar-refractivity contribution in [3.05, 3.63) is 29.8 Å². The molecule has 0 aliphatic heterocycles. The standard InChI is InChI=1S/C16H23NO2/c1-3-13-4-8-15(9-5-13)19-16-10-6-14(7-11-16)12(2)17-18/h6-7,10-11,13,15,18H,3-5,8-9H2,1-2H3. The molecule has 1 aliphatic carbocycles. The van der Waals surface area contributed by atoms with Crippen molar-refractivity contribution in [1.29, 1.82) is 0 Å². The van der Waals surface area contributed by atoms with Crippen molar-refractivity contribution < 1.29 is 9.94 Å². The number of benzene rings is 1. The Morgan fingerprint density at radius 1 is 1.21 bits per heavy atom. The molecule has 0 spiro atoms. The molecule has 0 unspecified atom stereocenters. The molecule has 0 radical (unpaired) electrons. The van der Waals surface area contributed by atoms with Gasteiger partial charge >= 0.3 is 0 Å². The van der Waals surface area contributed by atoms with Crippen LogP contribution in [0.3, 0.4) is 0 Å². The third-order valence-electron chi connectivity index (χ3n) is 4.10. The first kappa shape index (κ1) is 13.9. The maximum atomic E-state index is 8.72. The van der Waals surface area contributed by atoms with Gasteiger partial charge in [-0.3, -0.25) is 0 Å². The lowest BCUT2D eigenvalue weighted by Gasteiger charge is -2.28. The molecule has 0 bridgehead atoms. The van der Waals surface area contributed by atoms with Gasteiger partial charge in [-0.1, -0.05) is 18.5 Å². The van der Waals surface area contributed by atoms with E-state index in [4.69, 9.17) is 9.94 Å². The number of rotatable bonds is 4. The Balaban J connectivity index is 1.90. The van der Waals surface area contributed by atoms with Gasteiger partial charge < -0.3 is 9.94 Å². The first-order chi connectivity index (χ1) is 9.22. The van der Waals surface area contributed by atoms with Crippen molar-refractivity contribution in [1.82, 2.24) is 0 Å². The van der Waals surface area contributed by atoms with Crippen LogP contribution in [0.15, 0.2) is 29.4 Å². The number of hydrogen-bond donors (Lipinski definition) is 1. The molecule has 0 heterocycles. The maximum Gasteiger partial charge on any atom is 0.119 e. The van der Waals surface area contributed by atoms with Crippen LogP contribution in [0.1, 0.15) is 51.5 Å². The Morgan fingerprint density at radius 3 is 2.37 bits per heavy atom. The van der Waals surface area contributed by atoms with Crippen LogP contribution < -0.4 is 4.74 Å². The molecule has 1 saturated carbocycles. The van der Waals surface area contributed by atoms with Crippen LogP contribution in [0.2, 0.25) is 0 Å². The fourth-order valence-corrected chi connectivity index (χ4v) is 2.68. The summed E-state index contributed by atoms with van der Waals surface area (Å²) in [5.41, 5.74) is 1.54. The molecule has 19 heavy (non-hydrogen) atoms. The number of oxime groups is 1. The molecule has 104 valence electrons. The highest BCUT2D eigenvalue weighted by molar-refractivity contribution is 5.98. The van der Waals surface area contributed by atoms with E-state index < -0.39 is 0 Å². The van der Waals surface area contributed by atoms with Gasteiger partial charge in [0, 0.05) is 0 Å². The second-order valence-corrected chi connectivity index (χ2v) is 5.38. The molecule has 3 nitrogen and oxygen atoms in total. The maximum absolute atomic E-state index is 8.72. The SMILES string of the molecule is CCC1CCC(Oc2ccc(C(C)=NO)cc2)CC1. The normalized spacial score (nSPS) is 24.2. The van der Waals surface area contributed by atoms with E-state index in [2.05, 4.69) is 12.1 Å². The molecule has 0 saturated heterocycles. The second-order valence-electron chi connectivity index (χ2n) is 5.38. The van der Waals surface area contributed by atoms with E-state index in [0.29, 0.717) is 11.8 Å². The summed E-state index contributed by atoms with van der Waals surface area (Å²) in [7, 11) is 0. The topological polar surface area (TPSA) is 41.8 Å². The van der Waals surface area contributed by atoms with Crippen LogP contribution >= 0.6 is 0 Å². The van der Waals surface area contributed by atoms with Crippen molar-refractivity contribution in [2.24, 2.45) is 11.1 Å². The van der Waals surface area contributed by atoms with Crippen LogP contribution in [0.4, 0.5) is 0 Å². The van der Waals surface area contributed by atoms with Gasteiger partial charge in [-0.05, 0) is 68.4 Å². The highest BCUT2D eigenvalue weighted by Gasteiger charge is 2.21. The summed E-state index contributed by atoms with van der Waals surface area (Å²) >= 11 is 0. The van der Waals surface area contributed by atoms with Crippen LogP contribution in [0.25, 0.3) is 0 Å². The van der Waals surface area contributed by atoms with Crippen LogP contribution in [-0.4, -0.2) is 17.0 Å². The van der Waals surface area contributed by atoms with Gasteiger partial charge in [0.2, 0.25) is 0 Å². The van der Waals surface area contributed by atoms with Crippen LogP contribution in [0, 0.1) is 5.92 Å². The number of hydrogen-bond acceptors (Lipinski definition) is 3. The monoisotopic (exact) mass is 261 g/mol. The summed E-state index contributed by atoms with van der Waals surface area (Å²) in [6.45, 7) is 4.05. The van der Waals surface area contributed by atoms with Gasteiger partial charge in [0.15, 0.2) is 0 Å². The highest BCUT2D eigenvalue weighted by Crippen LogP contribution is 2.29. The van der Waals surface area contributed by atoms with Crippen molar-refractivity contribution >= 4 is 5.71 Å². The summed E-state index contributed by atoms with van der Waals surface area (Å²) in [5, 5.41) is 11.9. The summed E-state index contributed by atoms with van der Waals surface area (Å²) in [6.07, 6.45) is 6.56. The molecule has 0 aromatic heterocycles. The minimum atomic E-state index is 0.362. The Kier molecular flexibility index (Phi) is 4.83. The third kappa shape index (κ3) is 3.72. The quantitative estimate of drug-likeness (QED) is 0.500. The predicted octanol–water partition coefficient (Wildman–Crippen LogP) is 4.23. The van der Waals surface area contributed by atoms with Crippen LogP contribution in [0.5, 0.6) is 5.75 Å².